The van der Waals surface area contributed by atoms with Crippen molar-refractivity contribution in [2.45, 2.75) is 25.8 Å². The van der Waals surface area contributed by atoms with Gasteiger partial charge in [-0.1, -0.05) is 11.6 Å². The average molecular weight is 222 g/mol. The molecule has 14 heavy (non-hydrogen) atoms. The van der Waals surface area contributed by atoms with Crippen molar-refractivity contribution in [2.75, 3.05) is 5.32 Å². The SMILES string of the molecule is CC(Nc1ncc(Cl)cn1)C(C)(F)F. The first-order chi connectivity index (χ1) is 6.39. The van der Waals surface area contributed by atoms with Gasteiger partial charge in [0.1, 0.15) is 0 Å². The van der Waals surface area contributed by atoms with E-state index < -0.39 is 12.0 Å². The Hall–Kier alpha value is -0.970. The van der Waals surface area contributed by atoms with Crippen molar-refractivity contribution >= 4 is 17.5 Å². The van der Waals surface area contributed by atoms with Gasteiger partial charge in [-0.2, -0.15) is 0 Å². The Kier molecular flexibility index (Phi) is 3.21. The van der Waals surface area contributed by atoms with Gasteiger partial charge >= 0.3 is 0 Å². The van der Waals surface area contributed by atoms with Crippen molar-refractivity contribution in [3.63, 3.8) is 0 Å². The average Bonchev–Trinajstić information content (AvgIpc) is 2.07. The number of aromatic nitrogens is 2. The van der Waals surface area contributed by atoms with Crippen LogP contribution in [-0.4, -0.2) is 21.9 Å². The van der Waals surface area contributed by atoms with Crippen molar-refractivity contribution in [2.24, 2.45) is 0 Å². The maximum atomic E-state index is 12.7. The molecule has 0 aliphatic heterocycles. The molecule has 0 spiro atoms. The molecule has 0 aromatic carbocycles. The number of nitrogens with zero attached hydrogens (tertiary/aromatic N) is 2. The van der Waals surface area contributed by atoms with Gasteiger partial charge in [0, 0.05) is 6.92 Å². The molecule has 0 saturated heterocycles. The molecule has 1 aromatic heterocycles. The van der Waals surface area contributed by atoms with Gasteiger partial charge in [0.05, 0.1) is 23.5 Å². The Morgan fingerprint density at radius 2 is 1.93 bits per heavy atom. The number of hydrogen-bond donors (Lipinski definition) is 1. The Morgan fingerprint density at radius 1 is 1.43 bits per heavy atom. The molecule has 1 rings (SSSR count). The summed E-state index contributed by atoms with van der Waals surface area (Å²) >= 11 is 5.54. The van der Waals surface area contributed by atoms with E-state index in [4.69, 9.17) is 11.6 Å². The van der Waals surface area contributed by atoms with Crippen LogP contribution in [0.4, 0.5) is 14.7 Å². The molecule has 1 N–H and O–H groups in total. The number of anilines is 1. The minimum absolute atomic E-state index is 0.142. The lowest BCUT2D eigenvalue weighted by Gasteiger charge is -2.20. The third kappa shape index (κ3) is 3.06. The van der Waals surface area contributed by atoms with E-state index in [-0.39, 0.29) is 5.95 Å². The van der Waals surface area contributed by atoms with E-state index in [1.807, 2.05) is 0 Å². The third-order valence-electron chi connectivity index (χ3n) is 1.73. The summed E-state index contributed by atoms with van der Waals surface area (Å²) < 4.78 is 25.5. The molecule has 0 aliphatic rings. The fourth-order valence-corrected chi connectivity index (χ4v) is 0.805. The zero-order chi connectivity index (χ0) is 10.8. The van der Waals surface area contributed by atoms with E-state index in [0.29, 0.717) is 5.02 Å². The van der Waals surface area contributed by atoms with Gasteiger partial charge in [-0.15, -0.1) is 0 Å². The summed E-state index contributed by atoms with van der Waals surface area (Å²) in [5.41, 5.74) is 0. The third-order valence-corrected chi connectivity index (χ3v) is 1.92. The minimum atomic E-state index is -2.82. The number of alkyl halides is 2. The van der Waals surface area contributed by atoms with Crippen LogP contribution in [0, 0.1) is 0 Å². The fraction of sp³-hybridized carbons (Fsp3) is 0.500. The summed E-state index contributed by atoms with van der Waals surface area (Å²) in [7, 11) is 0. The molecule has 6 heteroatoms. The zero-order valence-electron chi connectivity index (χ0n) is 7.76. The van der Waals surface area contributed by atoms with Crippen molar-refractivity contribution in [1.82, 2.24) is 9.97 Å². The summed E-state index contributed by atoms with van der Waals surface area (Å²) in [4.78, 5) is 7.49. The van der Waals surface area contributed by atoms with Gasteiger partial charge in [-0.3, -0.25) is 0 Å². The van der Waals surface area contributed by atoms with E-state index in [1.54, 1.807) is 0 Å². The van der Waals surface area contributed by atoms with Crippen LogP contribution in [0.5, 0.6) is 0 Å². The molecule has 0 fully saturated rings. The monoisotopic (exact) mass is 221 g/mol. The van der Waals surface area contributed by atoms with Gasteiger partial charge in [-0.05, 0) is 6.92 Å². The lowest BCUT2D eigenvalue weighted by atomic mass is 10.2. The van der Waals surface area contributed by atoms with E-state index in [0.717, 1.165) is 6.92 Å². The molecule has 0 amide bonds. The topological polar surface area (TPSA) is 37.8 Å². The molecule has 78 valence electrons. The maximum Gasteiger partial charge on any atom is 0.264 e. The highest BCUT2D eigenvalue weighted by Gasteiger charge is 2.30. The molecule has 0 saturated carbocycles. The van der Waals surface area contributed by atoms with Crippen LogP contribution in [0.15, 0.2) is 12.4 Å². The molecular formula is C8H10ClF2N3. The highest BCUT2D eigenvalue weighted by Crippen LogP contribution is 2.19. The van der Waals surface area contributed by atoms with E-state index in [1.165, 1.54) is 19.3 Å². The summed E-state index contributed by atoms with van der Waals surface area (Å²) in [6.07, 6.45) is 2.69. The molecule has 0 aliphatic carbocycles. The van der Waals surface area contributed by atoms with Crippen LogP contribution in [-0.2, 0) is 0 Å². The van der Waals surface area contributed by atoms with Crippen molar-refractivity contribution in [3.8, 4) is 0 Å². The lowest BCUT2D eigenvalue weighted by molar-refractivity contribution is 0.00676. The second-order valence-corrected chi connectivity index (χ2v) is 3.48. The largest absolute Gasteiger partial charge is 0.346 e. The molecule has 1 atom stereocenters. The first-order valence-corrected chi connectivity index (χ1v) is 4.39. The number of halogens is 3. The lowest BCUT2D eigenvalue weighted by Crippen LogP contribution is -2.34. The summed E-state index contributed by atoms with van der Waals surface area (Å²) in [6, 6.07) is -1.02. The first-order valence-electron chi connectivity index (χ1n) is 4.01. The van der Waals surface area contributed by atoms with Crippen LogP contribution in [0.25, 0.3) is 0 Å². The maximum absolute atomic E-state index is 12.7. The van der Waals surface area contributed by atoms with E-state index in [2.05, 4.69) is 15.3 Å². The Morgan fingerprint density at radius 3 is 2.36 bits per heavy atom. The normalized spacial score (nSPS) is 13.8. The Labute approximate surface area is 85.5 Å². The van der Waals surface area contributed by atoms with Gasteiger partial charge in [0.25, 0.3) is 5.92 Å². The standard InChI is InChI=1S/C8H10ClF2N3/c1-5(8(2,10)11)14-7-12-3-6(9)4-13-7/h3-5H,1-2H3,(H,12,13,14). The van der Waals surface area contributed by atoms with E-state index in [9.17, 15) is 8.78 Å². The highest BCUT2D eigenvalue weighted by molar-refractivity contribution is 6.30. The minimum Gasteiger partial charge on any atom is -0.346 e. The number of hydrogen-bond acceptors (Lipinski definition) is 3. The second kappa shape index (κ2) is 4.04. The van der Waals surface area contributed by atoms with E-state index >= 15 is 0 Å². The molecule has 0 radical (unpaired) electrons. The Bertz CT molecular complexity index is 296. The summed E-state index contributed by atoms with van der Waals surface area (Å²) in [6.45, 7) is 2.19. The quantitative estimate of drug-likeness (QED) is 0.853. The van der Waals surface area contributed by atoms with Crippen LogP contribution in [0.3, 0.4) is 0 Å². The van der Waals surface area contributed by atoms with Gasteiger partial charge in [-0.25, -0.2) is 18.7 Å². The molecular weight excluding hydrogens is 212 g/mol. The smallest absolute Gasteiger partial charge is 0.264 e. The first kappa shape index (κ1) is 11.1. The van der Waals surface area contributed by atoms with Gasteiger partial charge in [0.15, 0.2) is 0 Å². The predicted molar refractivity (Wildman–Crippen MR) is 50.7 cm³/mol. The van der Waals surface area contributed by atoms with Gasteiger partial charge in [0.2, 0.25) is 5.95 Å². The molecule has 0 bridgehead atoms. The van der Waals surface area contributed by atoms with Gasteiger partial charge < -0.3 is 5.32 Å². The Balaban J connectivity index is 2.65. The van der Waals surface area contributed by atoms with Crippen molar-refractivity contribution < 1.29 is 8.78 Å². The van der Waals surface area contributed by atoms with Crippen molar-refractivity contribution in [3.05, 3.63) is 17.4 Å². The number of nitrogens with one attached hydrogen (secondary N) is 1. The predicted octanol–water partition coefficient (Wildman–Crippen LogP) is 2.59. The second-order valence-electron chi connectivity index (χ2n) is 3.05. The molecule has 1 unspecified atom stereocenters. The number of rotatable bonds is 3. The van der Waals surface area contributed by atoms with Crippen LogP contribution in [0.2, 0.25) is 5.02 Å². The summed E-state index contributed by atoms with van der Waals surface area (Å²) in [5.74, 6) is -2.67. The van der Waals surface area contributed by atoms with Crippen molar-refractivity contribution in [1.29, 1.82) is 0 Å². The van der Waals surface area contributed by atoms with Crippen LogP contribution in [0.1, 0.15) is 13.8 Å². The van der Waals surface area contributed by atoms with Crippen LogP contribution < -0.4 is 5.32 Å². The fourth-order valence-electron chi connectivity index (χ4n) is 0.707. The molecule has 1 aromatic rings. The summed E-state index contributed by atoms with van der Waals surface area (Å²) in [5, 5.41) is 2.85. The van der Waals surface area contributed by atoms with Crippen LogP contribution >= 0.6 is 11.6 Å². The zero-order valence-corrected chi connectivity index (χ0v) is 8.52. The molecule has 3 nitrogen and oxygen atoms in total. The highest BCUT2D eigenvalue weighted by atomic mass is 35.5. The molecule has 1 heterocycles.